The number of allylic oxidation sites excluding steroid dienone is 2. The molecule has 1 fully saturated rings. The monoisotopic (exact) mass is 1600 g/mol. The van der Waals surface area contributed by atoms with Crippen molar-refractivity contribution in [2.45, 2.75) is 127 Å². The number of Topliss-reactive ketones (excluding diaryl/α,β-unsaturated/α-hetero) is 2. The molecule has 10 nitrogen and oxygen atoms in total. The first-order chi connectivity index (χ1) is 44.7. The Hall–Kier alpha value is -8.14. The van der Waals surface area contributed by atoms with E-state index in [1.807, 2.05) is 66.8 Å². The molecule has 0 amide bonds. The van der Waals surface area contributed by atoms with Gasteiger partial charge < -0.3 is 33.7 Å². The van der Waals surface area contributed by atoms with Gasteiger partial charge in [0.05, 0.1) is 57.1 Å². The maximum absolute atomic E-state index is 13.0. The van der Waals surface area contributed by atoms with Crippen LogP contribution in [0.1, 0.15) is 121 Å². The Bertz CT molecular complexity index is 3920. The maximum atomic E-state index is 13.0. The first-order valence-electron chi connectivity index (χ1n) is 28.5. The summed E-state index contributed by atoms with van der Waals surface area (Å²) >= 11 is 5.18. The Kier molecular flexibility index (Phi) is 41.0. The zero-order chi connectivity index (χ0) is 70.4. The van der Waals surface area contributed by atoms with Crippen molar-refractivity contribution in [2.24, 2.45) is 0 Å². The minimum Gasteiger partial charge on any atom is -0.497 e. The van der Waals surface area contributed by atoms with Gasteiger partial charge in [-0.2, -0.15) is 52.7 Å². The summed E-state index contributed by atoms with van der Waals surface area (Å²) in [6.45, 7) is 4.00. The average molecular weight is 1610 g/mol. The Morgan fingerprint density at radius 2 is 0.792 bits per heavy atom. The van der Waals surface area contributed by atoms with Crippen molar-refractivity contribution in [3.8, 4) is 56.4 Å². The van der Waals surface area contributed by atoms with E-state index in [1.54, 1.807) is 66.7 Å². The van der Waals surface area contributed by atoms with Gasteiger partial charge in [-0.15, -0.1) is 0 Å². The van der Waals surface area contributed by atoms with Gasteiger partial charge in [0.15, 0.2) is 5.78 Å². The molecule has 101 heavy (non-hydrogen) atoms. The largest absolute Gasteiger partial charge is 0.497 e. The predicted octanol–water partition coefficient (Wildman–Crippen LogP) is 22.2. The summed E-state index contributed by atoms with van der Waals surface area (Å²) < 4.78 is 178. The van der Waals surface area contributed by atoms with Crippen molar-refractivity contribution in [1.29, 1.82) is 0 Å². The smallest absolute Gasteiger partial charge is 0.492 e. The third kappa shape index (κ3) is 30.1. The molecule has 0 spiro atoms. The van der Waals surface area contributed by atoms with Gasteiger partial charge in [-0.1, -0.05) is 144 Å². The Morgan fingerprint density at radius 3 is 1.13 bits per heavy atom. The van der Waals surface area contributed by atoms with Crippen LogP contribution in [0.5, 0.6) is 23.0 Å². The SMILES string of the molecule is C.C.C.C.C.C.COc1ccc(C)cc1-c1cccc(C(F)(F)F)c1.COc1ccc(C)cc1B(O)O.COc1ccc(CBr)cc1-c1cccc(C(F)(F)F)c1.COc1ccc(COC2=CC(=O)CC2)cc1-c1cccc(C(F)(F)F)c1.FC(F)(F)c1cccc(I)c1.O=C1CCC(=O)C1. The summed E-state index contributed by atoms with van der Waals surface area (Å²) in [5, 5.41) is 18.5. The van der Waals surface area contributed by atoms with Crippen LogP contribution >= 0.6 is 38.5 Å². The van der Waals surface area contributed by atoms with Crippen molar-refractivity contribution < 1.29 is 101 Å². The zero-order valence-electron chi connectivity index (χ0n) is 51.7. The molecule has 2 aliphatic rings. The summed E-state index contributed by atoms with van der Waals surface area (Å²) in [5.74, 6) is 2.96. The number of rotatable bonds is 12. The van der Waals surface area contributed by atoms with Crippen molar-refractivity contribution in [3.63, 3.8) is 0 Å². The molecule has 0 atom stereocenters. The molecular formula is C76H87BBrF12IO10. The second-order valence-electron chi connectivity index (χ2n) is 20.9. The van der Waals surface area contributed by atoms with E-state index < -0.39 is 54.1 Å². The molecule has 25 heteroatoms. The van der Waals surface area contributed by atoms with E-state index in [2.05, 4.69) is 15.9 Å². The molecule has 0 aliphatic heterocycles. The van der Waals surface area contributed by atoms with E-state index in [-0.39, 0.29) is 74.9 Å². The van der Waals surface area contributed by atoms with E-state index in [9.17, 15) is 67.1 Å². The molecule has 8 aromatic rings. The normalized spacial score (nSPS) is 12.0. The summed E-state index contributed by atoms with van der Waals surface area (Å²) in [6, 6.07) is 42.1. The fraction of sp³-hybridized carbons (Fsp3) is 0.303. The molecular weight excluding hydrogens is 1520 g/mol. The molecule has 10 rings (SSSR count). The van der Waals surface area contributed by atoms with Crippen LogP contribution in [0, 0.1) is 17.4 Å². The van der Waals surface area contributed by atoms with E-state index in [4.69, 9.17) is 33.7 Å². The molecule has 8 aromatic carbocycles. The van der Waals surface area contributed by atoms with E-state index >= 15 is 0 Å². The number of carbonyl (C=O) groups excluding carboxylic acids is 3. The summed E-state index contributed by atoms with van der Waals surface area (Å²) in [7, 11) is 4.50. The molecule has 1 saturated carbocycles. The Labute approximate surface area is 607 Å². The molecule has 0 saturated heterocycles. The van der Waals surface area contributed by atoms with E-state index in [0.717, 1.165) is 70.8 Å². The number of halogens is 14. The number of ether oxygens (including phenoxy) is 5. The van der Waals surface area contributed by atoms with E-state index in [0.29, 0.717) is 102 Å². The van der Waals surface area contributed by atoms with Crippen LogP contribution in [0.15, 0.2) is 182 Å². The lowest BCUT2D eigenvalue weighted by atomic mass is 9.79. The number of carbonyl (C=O) groups is 3. The first kappa shape index (κ1) is 94.9. The summed E-state index contributed by atoms with van der Waals surface area (Å²) in [4.78, 5) is 31.7. The second-order valence-corrected chi connectivity index (χ2v) is 22.7. The lowest BCUT2D eigenvalue weighted by molar-refractivity contribution is -0.138. The van der Waals surface area contributed by atoms with Crippen LogP contribution in [0.4, 0.5) is 52.7 Å². The number of hydrogen-bond acceptors (Lipinski definition) is 10. The lowest BCUT2D eigenvalue weighted by Gasteiger charge is -2.14. The highest BCUT2D eigenvalue weighted by atomic mass is 127. The topological polar surface area (TPSA) is 138 Å². The molecule has 0 unspecified atom stereocenters. The standard InChI is InChI=1S/C20H17F3O3.C15H12BrF3O.C15H13F3O.C8H11BO3.C7H4F3I.C5H6O2.6CH4/c1-25-19-8-5-13(12-26-17-7-6-16(24)11-17)9-18(19)14-3-2-4-15(10-14)20(21,22)23;1-20-14-6-5-10(9-16)7-13(14)11-3-2-4-12(8-11)15(17,18)19;1-10-6-7-14(19-2)13(8-10)11-4-3-5-12(9-11)15(16,17)18;1-6-3-4-8(12-2)7(5-6)9(10)11;8-7(9,10)5-2-1-3-6(11)4-5;6-4-1-2-5(7)3-4;;;;;;/h2-5,8-11H,6-7,12H2,1H3;2-8H,9H2,1H3;3-9H,1-2H3;3-5,10-11H,1-2H3;1-4H;1-3H2;6*1H4. The summed E-state index contributed by atoms with van der Waals surface area (Å²) in [6.07, 6.45) is -13.6. The minimum absolute atomic E-state index is 0. The molecule has 0 heterocycles. The molecule has 2 aliphatic carbocycles. The van der Waals surface area contributed by atoms with Gasteiger partial charge >= 0.3 is 31.8 Å². The van der Waals surface area contributed by atoms with Crippen LogP contribution in [0.3, 0.4) is 0 Å². The Balaban J connectivity index is 0. The van der Waals surface area contributed by atoms with Gasteiger partial charge in [0.25, 0.3) is 0 Å². The van der Waals surface area contributed by atoms with Gasteiger partial charge in [-0.05, 0) is 161 Å². The number of ketones is 3. The molecule has 0 aromatic heterocycles. The highest BCUT2D eigenvalue weighted by Crippen LogP contribution is 2.40. The second kappa shape index (κ2) is 43.6. The number of alkyl halides is 13. The van der Waals surface area contributed by atoms with Gasteiger partial charge in [-0.25, -0.2) is 0 Å². The quantitative estimate of drug-likeness (QED) is 0.0400. The summed E-state index contributed by atoms with van der Waals surface area (Å²) in [5.41, 5.74) is 4.71. The van der Waals surface area contributed by atoms with Crippen LogP contribution in [-0.4, -0.2) is 63.0 Å². The third-order valence-corrected chi connectivity index (χ3v) is 15.1. The first-order valence-corrected chi connectivity index (χ1v) is 30.7. The zero-order valence-corrected chi connectivity index (χ0v) is 55.5. The van der Waals surface area contributed by atoms with Crippen molar-refractivity contribution in [3.05, 3.63) is 230 Å². The van der Waals surface area contributed by atoms with Crippen molar-refractivity contribution in [1.82, 2.24) is 0 Å². The fourth-order valence-electron chi connectivity index (χ4n) is 9.03. The van der Waals surface area contributed by atoms with Crippen LogP contribution in [0.2, 0.25) is 0 Å². The van der Waals surface area contributed by atoms with Gasteiger partial charge in [0, 0.05) is 62.8 Å². The highest BCUT2D eigenvalue weighted by molar-refractivity contribution is 14.1. The maximum Gasteiger partial charge on any atom is 0.492 e. The van der Waals surface area contributed by atoms with Crippen LogP contribution in [-0.2, 0) is 55.8 Å². The molecule has 2 N–H and O–H groups in total. The lowest BCUT2D eigenvalue weighted by Crippen LogP contribution is -2.31. The molecule has 552 valence electrons. The third-order valence-electron chi connectivity index (χ3n) is 13.8. The minimum atomic E-state index is -4.41. The molecule has 0 radical (unpaired) electrons. The van der Waals surface area contributed by atoms with E-state index in [1.165, 1.54) is 58.8 Å². The molecule has 0 bridgehead atoms. The number of hydrogen-bond donors (Lipinski definition) is 2. The van der Waals surface area contributed by atoms with Gasteiger partial charge in [0.1, 0.15) is 46.9 Å². The van der Waals surface area contributed by atoms with Crippen LogP contribution < -0.4 is 24.4 Å². The van der Waals surface area contributed by atoms with Crippen LogP contribution in [0.25, 0.3) is 33.4 Å². The van der Waals surface area contributed by atoms with Gasteiger partial charge in [0.2, 0.25) is 0 Å². The number of methoxy groups -OCH3 is 4. The highest BCUT2D eigenvalue weighted by Gasteiger charge is 2.33. The number of benzene rings is 8. The number of aryl methyl sites for hydroxylation is 2. The van der Waals surface area contributed by atoms with Crippen molar-refractivity contribution >= 4 is 68.5 Å². The fourth-order valence-corrected chi connectivity index (χ4v) is 9.92. The van der Waals surface area contributed by atoms with Crippen molar-refractivity contribution in [2.75, 3.05) is 28.4 Å². The average Bonchev–Trinajstić information content (AvgIpc) is 1.20. The Morgan fingerprint density at radius 1 is 0.436 bits per heavy atom. The van der Waals surface area contributed by atoms with Gasteiger partial charge in [-0.3, -0.25) is 14.4 Å². The predicted molar refractivity (Wildman–Crippen MR) is 391 cm³/mol.